The molecule has 1 aromatic carbocycles. The van der Waals surface area contributed by atoms with Crippen molar-refractivity contribution in [3.8, 4) is 0 Å². The molecule has 0 aliphatic heterocycles. The van der Waals surface area contributed by atoms with Gasteiger partial charge in [0.1, 0.15) is 16.9 Å². The molecule has 1 amide bonds. The second kappa shape index (κ2) is 10.6. The van der Waals surface area contributed by atoms with E-state index in [1.54, 1.807) is 24.5 Å². The number of furan rings is 1. The number of benzene rings is 1. The minimum atomic E-state index is -0.811. The van der Waals surface area contributed by atoms with Crippen molar-refractivity contribution < 1.29 is 28.3 Å². The van der Waals surface area contributed by atoms with E-state index in [1.807, 2.05) is 32.9 Å². The van der Waals surface area contributed by atoms with Crippen molar-refractivity contribution in [2.45, 2.75) is 54.5 Å². The summed E-state index contributed by atoms with van der Waals surface area (Å²) < 4.78 is 17.2. The van der Waals surface area contributed by atoms with Crippen LogP contribution >= 0.6 is 0 Å². The zero-order valence-corrected chi connectivity index (χ0v) is 20.9. The summed E-state index contributed by atoms with van der Waals surface area (Å²) >= 11 is 0. The van der Waals surface area contributed by atoms with Crippen LogP contribution in [0.5, 0.6) is 0 Å². The summed E-state index contributed by atoms with van der Waals surface area (Å²) in [6.07, 6.45) is -0.0673. The SMILES string of the molecule is CCOC(=O)c1c(C)oc(NC(=O)CCn2c(=O)cc(C)c3cc(C)cc(C)c32)c1C(=O)OCC. The van der Waals surface area contributed by atoms with Crippen LogP contribution in [0, 0.1) is 27.7 Å². The number of aromatic nitrogens is 1. The highest BCUT2D eigenvalue weighted by Crippen LogP contribution is 2.29. The van der Waals surface area contributed by atoms with Crippen molar-refractivity contribution in [1.82, 2.24) is 4.57 Å². The third-order valence-corrected chi connectivity index (χ3v) is 5.60. The predicted molar refractivity (Wildman–Crippen MR) is 131 cm³/mol. The molecule has 3 rings (SSSR count). The number of amides is 1. The average Bonchev–Trinajstić information content (AvgIpc) is 3.09. The molecular weight excluding hydrogens is 452 g/mol. The maximum Gasteiger partial charge on any atom is 0.344 e. The minimum Gasteiger partial charge on any atom is -0.462 e. The smallest absolute Gasteiger partial charge is 0.344 e. The standard InChI is InChI=1S/C26H30N2O7/c1-7-33-25(31)21-17(6)35-24(22(21)26(32)34-8-2)27-19(29)9-10-28-20(30)13-15(4)18-12-14(3)11-16(5)23(18)28/h11-13H,7-10H2,1-6H3,(H,27,29). The van der Waals surface area contributed by atoms with Crippen LogP contribution in [0.4, 0.5) is 5.88 Å². The Morgan fingerprint density at radius 2 is 1.54 bits per heavy atom. The normalized spacial score (nSPS) is 10.9. The molecule has 3 aromatic rings. The lowest BCUT2D eigenvalue weighted by Crippen LogP contribution is -2.24. The minimum absolute atomic E-state index is 0.0673. The van der Waals surface area contributed by atoms with Gasteiger partial charge in [0.15, 0.2) is 0 Å². The Morgan fingerprint density at radius 3 is 2.17 bits per heavy atom. The topological polar surface area (TPSA) is 117 Å². The van der Waals surface area contributed by atoms with Crippen LogP contribution in [0.25, 0.3) is 10.9 Å². The lowest BCUT2D eigenvalue weighted by Gasteiger charge is -2.15. The number of anilines is 1. The highest BCUT2D eigenvalue weighted by atomic mass is 16.5. The number of nitrogens with zero attached hydrogens (tertiary/aromatic N) is 1. The third-order valence-electron chi connectivity index (χ3n) is 5.60. The average molecular weight is 483 g/mol. The largest absolute Gasteiger partial charge is 0.462 e. The van der Waals surface area contributed by atoms with Crippen LogP contribution in [0.3, 0.4) is 0 Å². The van der Waals surface area contributed by atoms with Crippen LogP contribution in [-0.4, -0.2) is 35.6 Å². The van der Waals surface area contributed by atoms with Crippen LogP contribution in [0.15, 0.2) is 27.4 Å². The Morgan fingerprint density at radius 1 is 0.914 bits per heavy atom. The maximum absolute atomic E-state index is 12.8. The number of fused-ring (bicyclic) bond motifs is 1. The predicted octanol–water partition coefficient (Wildman–Crippen LogP) is 4.21. The first-order chi connectivity index (χ1) is 16.6. The van der Waals surface area contributed by atoms with E-state index < -0.39 is 17.8 Å². The lowest BCUT2D eigenvalue weighted by atomic mass is 10.0. The molecule has 9 nitrogen and oxygen atoms in total. The van der Waals surface area contributed by atoms with Gasteiger partial charge in [-0.1, -0.05) is 11.6 Å². The number of rotatable bonds is 8. The lowest BCUT2D eigenvalue weighted by molar-refractivity contribution is -0.116. The number of pyridine rings is 1. The van der Waals surface area contributed by atoms with E-state index in [1.165, 1.54) is 6.92 Å². The van der Waals surface area contributed by atoms with Crippen LogP contribution in [-0.2, 0) is 20.8 Å². The van der Waals surface area contributed by atoms with Gasteiger partial charge in [0.2, 0.25) is 11.8 Å². The van der Waals surface area contributed by atoms with E-state index >= 15 is 0 Å². The monoisotopic (exact) mass is 482 g/mol. The van der Waals surface area contributed by atoms with E-state index in [9.17, 15) is 19.2 Å². The molecule has 0 saturated heterocycles. The first kappa shape index (κ1) is 25.7. The molecule has 0 spiro atoms. The van der Waals surface area contributed by atoms with Crippen molar-refractivity contribution in [2.24, 2.45) is 0 Å². The van der Waals surface area contributed by atoms with Crippen LogP contribution in [0.1, 0.15) is 63.4 Å². The van der Waals surface area contributed by atoms with Crippen molar-refractivity contribution in [2.75, 3.05) is 18.5 Å². The number of aryl methyl sites for hydroxylation is 5. The molecule has 2 aromatic heterocycles. The molecule has 1 N–H and O–H groups in total. The van der Waals surface area contributed by atoms with Gasteiger partial charge in [0.25, 0.3) is 5.56 Å². The first-order valence-electron chi connectivity index (χ1n) is 11.5. The number of nitrogens with one attached hydrogen (secondary N) is 1. The highest BCUT2D eigenvalue weighted by molar-refractivity contribution is 6.09. The number of hydrogen-bond acceptors (Lipinski definition) is 7. The summed E-state index contributed by atoms with van der Waals surface area (Å²) in [5.41, 5.74) is 3.17. The second-order valence-electron chi connectivity index (χ2n) is 8.27. The molecule has 2 heterocycles. The zero-order valence-electron chi connectivity index (χ0n) is 20.9. The van der Waals surface area contributed by atoms with Crippen molar-refractivity contribution in [3.05, 3.63) is 62.1 Å². The molecule has 9 heteroatoms. The van der Waals surface area contributed by atoms with Crippen molar-refractivity contribution in [1.29, 1.82) is 0 Å². The molecular formula is C26H30N2O7. The molecule has 0 unspecified atom stereocenters. The summed E-state index contributed by atoms with van der Waals surface area (Å²) in [7, 11) is 0. The molecule has 0 aliphatic carbocycles. The number of esters is 2. The molecule has 0 atom stereocenters. The Balaban J connectivity index is 1.91. The molecule has 186 valence electrons. The van der Waals surface area contributed by atoms with Gasteiger partial charge in [-0.2, -0.15) is 0 Å². The first-order valence-corrected chi connectivity index (χ1v) is 11.5. The maximum atomic E-state index is 12.8. The highest BCUT2D eigenvalue weighted by Gasteiger charge is 2.31. The Hall–Kier alpha value is -3.88. The molecule has 35 heavy (non-hydrogen) atoms. The molecule has 0 radical (unpaired) electrons. The Bertz CT molecular complexity index is 1360. The summed E-state index contributed by atoms with van der Waals surface area (Å²) in [6, 6.07) is 5.56. The van der Waals surface area contributed by atoms with Gasteiger partial charge in [0.05, 0.1) is 18.7 Å². The van der Waals surface area contributed by atoms with Gasteiger partial charge < -0.3 is 18.5 Å². The van der Waals surface area contributed by atoms with Crippen molar-refractivity contribution in [3.63, 3.8) is 0 Å². The van der Waals surface area contributed by atoms with Gasteiger partial charge >= 0.3 is 11.9 Å². The summed E-state index contributed by atoms with van der Waals surface area (Å²) in [5.74, 6) is -2.13. The van der Waals surface area contributed by atoms with Crippen LogP contribution in [0.2, 0.25) is 0 Å². The third kappa shape index (κ3) is 5.29. The quantitative estimate of drug-likeness (QED) is 0.478. The second-order valence-corrected chi connectivity index (χ2v) is 8.27. The van der Waals surface area contributed by atoms with E-state index in [4.69, 9.17) is 13.9 Å². The fraction of sp³-hybridized carbons (Fsp3) is 0.385. The Kier molecular flexibility index (Phi) is 7.78. The molecule has 0 fully saturated rings. The number of hydrogen-bond donors (Lipinski definition) is 1. The summed E-state index contributed by atoms with van der Waals surface area (Å²) in [5, 5.41) is 3.50. The summed E-state index contributed by atoms with van der Waals surface area (Å²) in [6.45, 7) is 10.9. The molecule has 0 saturated carbocycles. The van der Waals surface area contributed by atoms with Crippen molar-refractivity contribution >= 4 is 34.6 Å². The van der Waals surface area contributed by atoms with Gasteiger partial charge in [0, 0.05) is 24.4 Å². The van der Waals surface area contributed by atoms with Gasteiger partial charge in [-0.05, 0) is 58.7 Å². The van der Waals surface area contributed by atoms with Crippen LogP contribution < -0.4 is 10.9 Å². The van der Waals surface area contributed by atoms with E-state index in [-0.39, 0.29) is 54.5 Å². The number of carbonyl (C=O) groups is 3. The molecule has 0 aliphatic rings. The Labute approximate surface area is 203 Å². The van der Waals surface area contributed by atoms with E-state index in [0.717, 1.165) is 27.6 Å². The fourth-order valence-electron chi connectivity index (χ4n) is 4.17. The van der Waals surface area contributed by atoms with Gasteiger partial charge in [-0.15, -0.1) is 0 Å². The van der Waals surface area contributed by atoms with Gasteiger partial charge in [-0.25, -0.2) is 9.59 Å². The number of carbonyl (C=O) groups excluding carboxylic acids is 3. The number of ether oxygens (including phenoxy) is 2. The molecule has 0 bridgehead atoms. The fourth-order valence-corrected chi connectivity index (χ4v) is 4.17. The van der Waals surface area contributed by atoms with E-state index in [2.05, 4.69) is 5.32 Å². The van der Waals surface area contributed by atoms with Gasteiger partial charge in [-0.3, -0.25) is 14.9 Å². The van der Waals surface area contributed by atoms with E-state index in [0.29, 0.717) is 0 Å². The zero-order chi connectivity index (χ0) is 25.9. The summed E-state index contributed by atoms with van der Waals surface area (Å²) in [4.78, 5) is 50.6.